The van der Waals surface area contributed by atoms with Crippen LogP contribution in [-0.4, -0.2) is 40.8 Å². The number of carbonyl (C=O) groups excluding carboxylic acids is 1. The fourth-order valence-corrected chi connectivity index (χ4v) is 1.75. The van der Waals surface area contributed by atoms with Crippen LogP contribution in [-0.2, 0) is 0 Å². The van der Waals surface area contributed by atoms with Crippen molar-refractivity contribution in [2.75, 3.05) is 25.5 Å². The quantitative estimate of drug-likeness (QED) is 0.899. The molecule has 0 saturated carbocycles. The molecule has 2 amide bonds. The first kappa shape index (κ1) is 14.1. The van der Waals surface area contributed by atoms with Crippen LogP contribution in [0.2, 0.25) is 0 Å². The summed E-state index contributed by atoms with van der Waals surface area (Å²) < 4.78 is 15.4. The molecule has 0 unspecified atom stereocenters. The van der Waals surface area contributed by atoms with E-state index < -0.39 is 0 Å². The Morgan fingerprint density at radius 1 is 1.40 bits per heavy atom. The zero-order valence-corrected chi connectivity index (χ0v) is 11.1. The smallest absolute Gasteiger partial charge is 0.321 e. The SMILES string of the molecule is CN(CCO)C(=O)Nc1ccc(F)c(-n2cccc2)c1. The van der Waals surface area contributed by atoms with Crippen LogP contribution in [0.15, 0.2) is 42.7 Å². The minimum Gasteiger partial charge on any atom is -0.395 e. The standard InChI is InChI=1S/C14H16FN3O2/c1-17(8-9-19)14(20)16-11-4-5-12(15)13(10-11)18-6-2-3-7-18/h2-7,10,19H,8-9H2,1H3,(H,16,20). The highest BCUT2D eigenvalue weighted by Gasteiger charge is 2.10. The van der Waals surface area contributed by atoms with Gasteiger partial charge in [0, 0.05) is 31.7 Å². The lowest BCUT2D eigenvalue weighted by molar-refractivity contribution is 0.202. The molecule has 106 valence electrons. The Bertz CT molecular complexity index is 584. The van der Waals surface area contributed by atoms with Gasteiger partial charge >= 0.3 is 6.03 Å². The molecule has 0 aliphatic rings. The van der Waals surface area contributed by atoms with Gasteiger partial charge in [0.25, 0.3) is 0 Å². The Hall–Kier alpha value is -2.34. The van der Waals surface area contributed by atoms with Crippen LogP contribution in [0.1, 0.15) is 0 Å². The van der Waals surface area contributed by atoms with E-state index in [1.165, 1.54) is 17.0 Å². The number of nitrogens with zero attached hydrogens (tertiary/aromatic N) is 2. The summed E-state index contributed by atoms with van der Waals surface area (Å²) in [5.74, 6) is -0.372. The van der Waals surface area contributed by atoms with Crippen molar-refractivity contribution in [3.63, 3.8) is 0 Å². The predicted octanol–water partition coefficient (Wildman–Crippen LogP) is 2.07. The van der Waals surface area contributed by atoms with E-state index >= 15 is 0 Å². The second kappa shape index (κ2) is 6.21. The maximum absolute atomic E-state index is 13.8. The molecular weight excluding hydrogens is 261 g/mol. The number of anilines is 1. The molecule has 1 aromatic carbocycles. The highest BCUT2D eigenvalue weighted by Crippen LogP contribution is 2.19. The third-order valence-corrected chi connectivity index (χ3v) is 2.86. The molecule has 6 heteroatoms. The normalized spacial score (nSPS) is 10.3. The van der Waals surface area contributed by atoms with Crippen molar-refractivity contribution in [2.45, 2.75) is 0 Å². The van der Waals surface area contributed by atoms with Gasteiger partial charge in [-0.1, -0.05) is 0 Å². The lowest BCUT2D eigenvalue weighted by atomic mass is 10.2. The van der Waals surface area contributed by atoms with Crippen LogP contribution in [0.4, 0.5) is 14.9 Å². The monoisotopic (exact) mass is 277 g/mol. The van der Waals surface area contributed by atoms with Gasteiger partial charge in [0.05, 0.1) is 12.3 Å². The van der Waals surface area contributed by atoms with Crippen molar-refractivity contribution >= 4 is 11.7 Å². The fraction of sp³-hybridized carbons (Fsp3) is 0.214. The maximum Gasteiger partial charge on any atom is 0.321 e. The highest BCUT2D eigenvalue weighted by atomic mass is 19.1. The lowest BCUT2D eigenvalue weighted by Crippen LogP contribution is -2.33. The number of hydrogen-bond acceptors (Lipinski definition) is 2. The molecule has 0 radical (unpaired) electrons. The fourth-order valence-electron chi connectivity index (χ4n) is 1.75. The third kappa shape index (κ3) is 3.16. The average Bonchev–Trinajstić information content (AvgIpc) is 2.95. The first-order valence-corrected chi connectivity index (χ1v) is 6.17. The van der Waals surface area contributed by atoms with Gasteiger partial charge in [0.1, 0.15) is 5.82 Å². The lowest BCUT2D eigenvalue weighted by Gasteiger charge is -2.17. The Balaban J connectivity index is 2.18. The van der Waals surface area contributed by atoms with Gasteiger partial charge in [0.15, 0.2) is 0 Å². The summed E-state index contributed by atoms with van der Waals surface area (Å²) in [6.45, 7) is 0.124. The van der Waals surface area contributed by atoms with E-state index in [2.05, 4.69) is 5.32 Å². The van der Waals surface area contributed by atoms with Crippen LogP contribution in [0.25, 0.3) is 5.69 Å². The van der Waals surface area contributed by atoms with Crippen LogP contribution < -0.4 is 5.32 Å². The van der Waals surface area contributed by atoms with Gasteiger partial charge in [0.2, 0.25) is 0 Å². The molecule has 0 bridgehead atoms. The average molecular weight is 277 g/mol. The molecule has 1 heterocycles. The van der Waals surface area contributed by atoms with E-state index in [1.807, 2.05) is 0 Å². The van der Waals surface area contributed by atoms with Gasteiger partial charge in [-0.25, -0.2) is 9.18 Å². The second-order valence-corrected chi connectivity index (χ2v) is 4.33. The van der Waals surface area contributed by atoms with E-state index in [0.29, 0.717) is 11.4 Å². The number of urea groups is 1. The van der Waals surface area contributed by atoms with Crippen LogP contribution in [0.5, 0.6) is 0 Å². The summed E-state index contributed by atoms with van der Waals surface area (Å²) in [7, 11) is 1.57. The summed E-state index contributed by atoms with van der Waals surface area (Å²) in [6, 6.07) is 7.58. The largest absolute Gasteiger partial charge is 0.395 e. The number of rotatable bonds is 4. The van der Waals surface area contributed by atoms with Crippen molar-refractivity contribution in [3.05, 3.63) is 48.5 Å². The molecule has 2 N–H and O–H groups in total. The minimum absolute atomic E-state index is 0.109. The molecule has 0 atom stereocenters. The van der Waals surface area contributed by atoms with E-state index in [9.17, 15) is 9.18 Å². The Kier molecular flexibility index (Phi) is 4.37. The van der Waals surface area contributed by atoms with Gasteiger partial charge in [-0.2, -0.15) is 0 Å². The summed E-state index contributed by atoms with van der Waals surface area (Å²) in [5, 5.41) is 11.4. The second-order valence-electron chi connectivity index (χ2n) is 4.33. The predicted molar refractivity (Wildman–Crippen MR) is 74.5 cm³/mol. The van der Waals surface area contributed by atoms with Gasteiger partial charge in [-0.3, -0.25) is 0 Å². The van der Waals surface area contributed by atoms with Crippen molar-refractivity contribution in [3.8, 4) is 5.69 Å². The van der Waals surface area contributed by atoms with Gasteiger partial charge in [-0.15, -0.1) is 0 Å². The minimum atomic E-state index is -0.372. The molecule has 0 aliphatic carbocycles. The third-order valence-electron chi connectivity index (χ3n) is 2.86. The number of aliphatic hydroxyl groups is 1. The van der Waals surface area contributed by atoms with Crippen LogP contribution in [0.3, 0.4) is 0 Å². The highest BCUT2D eigenvalue weighted by molar-refractivity contribution is 5.89. The molecule has 20 heavy (non-hydrogen) atoms. The number of aliphatic hydroxyl groups excluding tert-OH is 1. The molecule has 1 aromatic heterocycles. The van der Waals surface area contributed by atoms with Crippen LogP contribution in [0, 0.1) is 5.82 Å². The zero-order chi connectivity index (χ0) is 14.5. The molecule has 2 rings (SSSR count). The molecule has 5 nitrogen and oxygen atoms in total. The maximum atomic E-state index is 13.8. The number of carbonyl (C=O) groups is 1. The Morgan fingerprint density at radius 3 is 2.75 bits per heavy atom. The first-order valence-electron chi connectivity index (χ1n) is 6.17. The molecular formula is C14H16FN3O2. The van der Waals surface area contributed by atoms with E-state index in [0.717, 1.165) is 0 Å². The summed E-state index contributed by atoms with van der Waals surface area (Å²) in [4.78, 5) is 13.1. The number of halogens is 1. The van der Waals surface area contributed by atoms with Crippen LogP contribution >= 0.6 is 0 Å². The molecule has 0 aliphatic heterocycles. The summed E-state index contributed by atoms with van der Waals surface area (Å²) in [6.07, 6.45) is 3.45. The molecule has 0 saturated heterocycles. The number of likely N-dealkylation sites (N-methyl/N-ethyl adjacent to an activating group) is 1. The Labute approximate surface area is 116 Å². The topological polar surface area (TPSA) is 57.5 Å². The number of benzene rings is 1. The number of aromatic nitrogens is 1. The van der Waals surface area contributed by atoms with Gasteiger partial charge < -0.3 is 19.9 Å². The summed E-state index contributed by atoms with van der Waals surface area (Å²) in [5.41, 5.74) is 0.850. The van der Waals surface area contributed by atoms with E-state index in [1.54, 1.807) is 42.2 Å². The van der Waals surface area contributed by atoms with Crippen molar-refractivity contribution < 1.29 is 14.3 Å². The Morgan fingerprint density at radius 2 is 2.10 bits per heavy atom. The zero-order valence-electron chi connectivity index (χ0n) is 11.1. The van der Waals surface area contributed by atoms with Gasteiger partial charge in [-0.05, 0) is 30.3 Å². The van der Waals surface area contributed by atoms with Crippen molar-refractivity contribution in [1.29, 1.82) is 0 Å². The number of hydrogen-bond donors (Lipinski definition) is 2. The number of nitrogens with one attached hydrogen (secondary N) is 1. The molecule has 2 aromatic rings. The summed E-state index contributed by atoms with van der Waals surface area (Å²) >= 11 is 0. The van der Waals surface area contributed by atoms with E-state index in [-0.39, 0.29) is 25.0 Å². The molecule has 0 fully saturated rings. The molecule has 0 spiro atoms. The van der Waals surface area contributed by atoms with Crippen molar-refractivity contribution in [1.82, 2.24) is 9.47 Å². The first-order chi connectivity index (χ1) is 9.61. The van der Waals surface area contributed by atoms with E-state index in [4.69, 9.17) is 5.11 Å². The number of amides is 2. The van der Waals surface area contributed by atoms with Crippen molar-refractivity contribution in [2.24, 2.45) is 0 Å².